The lowest BCUT2D eigenvalue weighted by molar-refractivity contribution is -0.125. The lowest BCUT2D eigenvalue weighted by Crippen LogP contribution is -2.36. The molecule has 0 aromatic heterocycles. The molecule has 0 spiro atoms. The van der Waals surface area contributed by atoms with Crippen molar-refractivity contribution in [3.8, 4) is 0 Å². The number of likely N-dealkylation sites (tertiary alicyclic amines) is 1. The highest BCUT2D eigenvalue weighted by Crippen LogP contribution is 2.36. The molecular weight excluding hydrogens is 372 g/mol. The SMILES string of the molecule is Cc1ccccc1[C@@H]1CN(C(=O)c2ccc(Cl)cc2)C[C@H]1C(=O)NCC1CC1. The Morgan fingerprint density at radius 2 is 1.79 bits per heavy atom. The molecule has 4 nitrogen and oxygen atoms in total. The second-order valence-corrected chi connectivity index (χ2v) is 8.41. The number of nitrogens with zero attached hydrogens (tertiary/aromatic N) is 1. The van der Waals surface area contributed by atoms with Gasteiger partial charge in [-0.15, -0.1) is 0 Å². The van der Waals surface area contributed by atoms with E-state index in [1.54, 1.807) is 24.3 Å². The third-order valence-electron chi connectivity index (χ3n) is 5.88. The summed E-state index contributed by atoms with van der Waals surface area (Å²) < 4.78 is 0. The number of carbonyl (C=O) groups excluding carboxylic acids is 2. The molecule has 1 aliphatic carbocycles. The molecule has 28 heavy (non-hydrogen) atoms. The number of aryl methyl sites for hydroxylation is 1. The largest absolute Gasteiger partial charge is 0.356 e. The molecule has 1 aliphatic heterocycles. The van der Waals surface area contributed by atoms with Crippen LogP contribution in [0.1, 0.15) is 40.2 Å². The lowest BCUT2D eigenvalue weighted by Gasteiger charge is -2.20. The molecule has 146 valence electrons. The van der Waals surface area contributed by atoms with Gasteiger partial charge in [0, 0.05) is 36.1 Å². The molecule has 2 aromatic carbocycles. The molecular formula is C23H25ClN2O2. The molecule has 0 radical (unpaired) electrons. The fourth-order valence-electron chi connectivity index (χ4n) is 4.03. The zero-order valence-corrected chi connectivity index (χ0v) is 16.8. The minimum Gasteiger partial charge on any atom is -0.356 e. The average molecular weight is 397 g/mol. The van der Waals surface area contributed by atoms with Crippen LogP contribution >= 0.6 is 11.6 Å². The van der Waals surface area contributed by atoms with Gasteiger partial charge < -0.3 is 10.2 Å². The third-order valence-corrected chi connectivity index (χ3v) is 6.14. The summed E-state index contributed by atoms with van der Waals surface area (Å²) in [5.74, 6) is 0.432. The number of rotatable bonds is 5. The first-order chi connectivity index (χ1) is 13.5. The summed E-state index contributed by atoms with van der Waals surface area (Å²) in [7, 11) is 0. The van der Waals surface area contributed by atoms with Crippen molar-refractivity contribution in [3.05, 3.63) is 70.2 Å². The summed E-state index contributed by atoms with van der Waals surface area (Å²) in [5, 5.41) is 3.72. The Morgan fingerprint density at radius 3 is 2.46 bits per heavy atom. The van der Waals surface area contributed by atoms with Crippen molar-refractivity contribution >= 4 is 23.4 Å². The number of halogens is 1. The Bertz CT molecular complexity index is 876. The van der Waals surface area contributed by atoms with Gasteiger partial charge in [-0.25, -0.2) is 0 Å². The van der Waals surface area contributed by atoms with Crippen molar-refractivity contribution in [3.63, 3.8) is 0 Å². The molecule has 2 fully saturated rings. The predicted octanol–water partition coefficient (Wildman–Crippen LogP) is 4.03. The number of hydrogen-bond donors (Lipinski definition) is 1. The fraction of sp³-hybridized carbons (Fsp3) is 0.391. The summed E-state index contributed by atoms with van der Waals surface area (Å²) in [5.41, 5.74) is 2.92. The van der Waals surface area contributed by atoms with E-state index in [2.05, 4.69) is 24.4 Å². The second kappa shape index (κ2) is 7.96. The topological polar surface area (TPSA) is 49.4 Å². The van der Waals surface area contributed by atoms with E-state index in [9.17, 15) is 9.59 Å². The number of benzene rings is 2. The predicted molar refractivity (Wildman–Crippen MR) is 110 cm³/mol. The maximum Gasteiger partial charge on any atom is 0.253 e. The molecule has 0 unspecified atom stereocenters. The molecule has 2 aromatic rings. The Morgan fingerprint density at radius 1 is 1.07 bits per heavy atom. The van der Waals surface area contributed by atoms with Gasteiger partial charge in [0.15, 0.2) is 0 Å². The second-order valence-electron chi connectivity index (χ2n) is 7.98. The number of carbonyl (C=O) groups is 2. The molecule has 2 aliphatic rings. The fourth-order valence-corrected chi connectivity index (χ4v) is 4.15. The van der Waals surface area contributed by atoms with Crippen LogP contribution < -0.4 is 5.32 Å². The molecule has 2 amide bonds. The normalized spacial score (nSPS) is 21.6. The molecule has 5 heteroatoms. The van der Waals surface area contributed by atoms with Gasteiger partial charge in [0.1, 0.15) is 0 Å². The van der Waals surface area contributed by atoms with Crippen molar-refractivity contribution in [1.82, 2.24) is 10.2 Å². The Balaban J connectivity index is 1.56. The van der Waals surface area contributed by atoms with E-state index < -0.39 is 0 Å². The monoisotopic (exact) mass is 396 g/mol. The van der Waals surface area contributed by atoms with Gasteiger partial charge in [-0.2, -0.15) is 0 Å². The Labute approximate surface area is 170 Å². The van der Waals surface area contributed by atoms with Gasteiger partial charge in [0.25, 0.3) is 5.91 Å². The summed E-state index contributed by atoms with van der Waals surface area (Å²) in [6, 6.07) is 15.1. The van der Waals surface area contributed by atoms with Gasteiger partial charge in [-0.1, -0.05) is 35.9 Å². The van der Waals surface area contributed by atoms with Crippen LogP contribution in [0.15, 0.2) is 48.5 Å². The molecule has 1 saturated heterocycles. The van der Waals surface area contributed by atoms with Gasteiger partial charge in [0.2, 0.25) is 5.91 Å². The van der Waals surface area contributed by atoms with Crippen LogP contribution in [0.2, 0.25) is 5.02 Å². The van der Waals surface area contributed by atoms with E-state index in [1.165, 1.54) is 12.8 Å². The molecule has 2 atom stereocenters. The number of amides is 2. The first kappa shape index (κ1) is 19.0. The van der Waals surface area contributed by atoms with Crippen molar-refractivity contribution in [2.24, 2.45) is 11.8 Å². The van der Waals surface area contributed by atoms with E-state index in [0.29, 0.717) is 29.6 Å². The van der Waals surface area contributed by atoms with E-state index in [1.807, 2.05) is 17.0 Å². The first-order valence-corrected chi connectivity index (χ1v) is 10.3. The Kier molecular flexibility index (Phi) is 5.40. The standard InChI is InChI=1S/C23H25ClN2O2/c1-15-4-2-3-5-19(15)20-13-26(23(28)17-8-10-18(24)11-9-17)14-21(20)22(27)25-12-16-6-7-16/h2-5,8-11,16,20-21H,6-7,12-14H2,1H3,(H,25,27)/t20-,21+/m0/s1. The van der Waals surface area contributed by atoms with E-state index in [-0.39, 0.29) is 23.7 Å². The maximum absolute atomic E-state index is 13.0. The molecule has 4 rings (SSSR count). The molecule has 0 bridgehead atoms. The summed E-state index contributed by atoms with van der Waals surface area (Å²) in [6.45, 7) is 3.81. The quantitative estimate of drug-likeness (QED) is 0.829. The van der Waals surface area contributed by atoms with E-state index in [4.69, 9.17) is 11.6 Å². The van der Waals surface area contributed by atoms with Crippen molar-refractivity contribution in [2.75, 3.05) is 19.6 Å². The average Bonchev–Trinajstić information content (AvgIpc) is 3.43. The highest BCUT2D eigenvalue weighted by atomic mass is 35.5. The van der Waals surface area contributed by atoms with Crippen molar-refractivity contribution in [1.29, 1.82) is 0 Å². The highest BCUT2D eigenvalue weighted by Gasteiger charge is 2.41. The lowest BCUT2D eigenvalue weighted by atomic mass is 9.86. The Hall–Kier alpha value is -2.33. The van der Waals surface area contributed by atoms with Crippen molar-refractivity contribution in [2.45, 2.75) is 25.7 Å². The van der Waals surface area contributed by atoms with Gasteiger partial charge in [-0.3, -0.25) is 9.59 Å². The van der Waals surface area contributed by atoms with Crippen LogP contribution in [0.25, 0.3) is 0 Å². The molecule has 1 heterocycles. The van der Waals surface area contributed by atoms with Gasteiger partial charge >= 0.3 is 0 Å². The van der Waals surface area contributed by atoms with Crippen LogP contribution in [0.4, 0.5) is 0 Å². The van der Waals surface area contributed by atoms with Gasteiger partial charge in [-0.05, 0) is 61.1 Å². The number of hydrogen-bond acceptors (Lipinski definition) is 2. The highest BCUT2D eigenvalue weighted by molar-refractivity contribution is 6.30. The van der Waals surface area contributed by atoms with E-state index >= 15 is 0 Å². The van der Waals surface area contributed by atoms with Crippen molar-refractivity contribution < 1.29 is 9.59 Å². The third kappa shape index (κ3) is 4.07. The zero-order chi connectivity index (χ0) is 19.7. The molecule has 1 saturated carbocycles. The summed E-state index contributed by atoms with van der Waals surface area (Å²) >= 11 is 5.95. The minimum atomic E-state index is -0.226. The van der Waals surface area contributed by atoms with Crippen LogP contribution in [-0.2, 0) is 4.79 Å². The van der Waals surface area contributed by atoms with Crippen LogP contribution in [0.3, 0.4) is 0 Å². The van der Waals surface area contributed by atoms with E-state index in [0.717, 1.165) is 17.7 Å². The minimum absolute atomic E-state index is 0.0108. The first-order valence-electron chi connectivity index (χ1n) is 9.91. The molecule has 1 N–H and O–H groups in total. The summed E-state index contributed by atoms with van der Waals surface area (Å²) in [4.78, 5) is 27.8. The number of nitrogens with one attached hydrogen (secondary N) is 1. The van der Waals surface area contributed by atoms with Crippen LogP contribution in [0, 0.1) is 18.8 Å². The van der Waals surface area contributed by atoms with Gasteiger partial charge in [0.05, 0.1) is 5.92 Å². The smallest absolute Gasteiger partial charge is 0.253 e. The maximum atomic E-state index is 13.0. The van der Waals surface area contributed by atoms with Crippen LogP contribution in [0.5, 0.6) is 0 Å². The van der Waals surface area contributed by atoms with Crippen LogP contribution in [-0.4, -0.2) is 36.3 Å². The summed E-state index contributed by atoms with van der Waals surface area (Å²) in [6.07, 6.45) is 2.40. The zero-order valence-electron chi connectivity index (χ0n) is 16.0.